The normalized spacial score (nSPS) is 10.9. The summed E-state index contributed by atoms with van der Waals surface area (Å²) in [6.45, 7) is 3.14. The molecule has 0 aromatic carbocycles. The Hall–Kier alpha value is -1.50. The second-order valence-electron chi connectivity index (χ2n) is 3.30. The van der Waals surface area contributed by atoms with E-state index < -0.39 is 5.97 Å². The van der Waals surface area contributed by atoms with Crippen molar-refractivity contribution in [3.8, 4) is 0 Å². The van der Waals surface area contributed by atoms with Gasteiger partial charge in [0.15, 0.2) is 5.82 Å². The summed E-state index contributed by atoms with van der Waals surface area (Å²) in [5, 5.41) is 20.2. The molecule has 7 nitrogen and oxygen atoms in total. The van der Waals surface area contributed by atoms with Crippen LogP contribution in [0.2, 0.25) is 0 Å². The van der Waals surface area contributed by atoms with E-state index in [1.54, 1.807) is 11.9 Å². The molecule has 1 rings (SSSR count). The van der Waals surface area contributed by atoms with Crippen LogP contribution in [0, 0.1) is 0 Å². The number of carboxylic acids is 1. The minimum Gasteiger partial charge on any atom is -0.480 e. The van der Waals surface area contributed by atoms with E-state index in [9.17, 15) is 4.79 Å². The van der Waals surface area contributed by atoms with E-state index in [0.717, 1.165) is 6.42 Å². The van der Waals surface area contributed by atoms with Crippen molar-refractivity contribution in [2.24, 2.45) is 7.05 Å². The van der Waals surface area contributed by atoms with Crippen LogP contribution in [0.25, 0.3) is 0 Å². The van der Waals surface area contributed by atoms with Gasteiger partial charge in [-0.1, -0.05) is 6.92 Å². The standard InChI is InChI=1S/C8H15N5O2/c1-3-4-13(6-8(14)15)5-7-9-11-12(2)10-7/h3-6H2,1-2H3,(H,14,15). The Balaban J connectivity index is 2.53. The summed E-state index contributed by atoms with van der Waals surface area (Å²) in [5.74, 6) is -0.292. The molecule has 0 saturated heterocycles. The molecule has 0 atom stereocenters. The van der Waals surface area contributed by atoms with E-state index >= 15 is 0 Å². The Morgan fingerprint density at radius 1 is 1.60 bits per heavy atom. The Kier molecular flexibility index (Phi) is 4.17. The van der Waals surface area contributed by atoms with Crippen LogP contribution in [0.4, 0.5) is 0 Å². The minimum absolute atomic E-state index is 0.00605. The molecule has 1 N–H and O–H groups in total. The van der Waals surface area contributed by atoms with E-state index in [1.807, 2.05) is 6.92 Å². The van der Waals surface area contributed by atoms with Crippen LogP contribution in [-0.2, 0) is 18.4 Å². The smallest absolute Gasteiger partial charge is 0.317 e. The zero-order valence-electron chi connectivity index (χ0n) is 8.92. The lowest BCUT2D eigenvalue weighted by Gasteiger charge is -2.16. The zero-order valence-corrected chi connectivity index (χ0v) is 8.92. The van der Waals surface area contributed by atoms with Gasteiger partial charge in [-0.15, -0.1) is 10.2 Å². The predicted molar refractivity (Wildman–Crippen MR) is 52.0 cm³/mol. The van der Waals surface area contributed by atoms with Crippen molar-refractivity contribution >= 4 is 5.97 Å². The number of carbonyl (C=O) groups is 1. The number of aliphatic carboxylic acids is 1. The van der Waals surface area contributed by atoms with Gasteiger partial charge in [-0.05, 0) is 18.2 Å². The summed E-state index contributed by atoms with van der Waals surface area (Å²) in [6.07, 6.45) is 0.896. The van der Waals surface area contributed by atoms with Crippen molar-refractivity contribution in [3.05, 3.63) is 5.82 Å². The average Bonchev–Trinajstić information content (AvgIpc) is 2.50. The van der Waals surface area contributed by atoms with E-state index in [1.165, 1.54) is 4.80 Å². The van der Waals surface area contributed by atoms with E-state index in [4.69, 9.17) is 5.11 Å². The highest BCUT2D eigenvalue weighted by atomic mass is 16.4. The Labute approximate surface area is 87.7 Å². The SMILES string of the molecule is CCCN(CC(=O)O)Cc1nnn(C)n1. The average molecular weight is 213 g/mol. The fourth-order valence-corrected chi connectivity index (χ4v) is 1.31. The molecule has 0 fully saturated rings. The van der Waals surface area contributed by atoms with Gasteiger partial charge < -0.3 is 5.11 Å². The summed E-state index contributed by atoms with van der Waals surface area (Å²) in [7, 11) is 1.68. The summed E-state index contributed by atoms with van der Waals surface area (Å²) >= 11 is 0. The third kappa shape index (κ3) is 4.03. The fourth-order valence-electron chi connectivity index (χ4n) is 1.31. The molecule has 1 aromatic heterocycles. The van der Waals surface area contributed by atoms with Gasteiger partial charge in [-0.2, -0.15) is 4.80 Å². The number of hydrogen-bond donors (Lipinski definition) is 1. The second kappa shape index (κ2) is 5.40. The highest BCUT2D eigenvalue weighted by Crippen LogP contribution is 1.98. The molecule has 7 heteroatoms. The van der Waals surface area contributed by atoms with Crippen LogP contribution in [0.5, 0.6) is 0 Å². The third-order valence-electron chi connectivity index (χ3n) is 1.81. The molecule has 0 aliphatic heterocycles. The van der Waals surface area contributed by atoms with Gasteiger partial charge >= 0.3 is 5.97 Å². The number of hydrogen-bond acceptors (Lipinski definition) is 5. The second-order valence-corrected chi connectivity index (χ2v) is 3.30. The van der Waals surface area contributed by atoms with Crippen molar-refractivity contribution in [3.63, 3.8) is 0 Å². The molecule has 0 unspecified atom stereocenters. The minimum atomic E-state index is -0.840. The molecule has 0 spiro atoms. The Morgan fingerprint density at radius 2 is 2.33 bits per heavy atom. The monoisotopic (exact) mass is 213 g/mol. The first-order valence-electron chi connectivity index (χ1n) is 4.79. The van der Waals surface area contributed by atoms with Crippen LogP contribution in [0.1, 0.15) is 19.2 Å². The number of rotatable bonds is 6. The van der Waals surface area contributed by atoms with E-state index in [0.29, 0.717) is 18.9 Å². The molecular formula is C8H15N5O2. The van der Waals surface area contributed by atoms with Gasteiger partial charge in [-0.3, -0.25) is 9.69 Å². The number of nitrogens with zero attached hydrogens (tertiary/aromatic N) is 5. The molecule has 0 bridgehead atoms. The summed E-state index contributed by atoms with van der Waals surface area (Å²) in [6, 6.07) is 0. The van der Waals surface area contributed by atoms with Crippen molar-refractivity contribution < 1.29 is 9.90 Å². The molecule has 0 amide bonds. The lowest BCUT2D eigenvalue weighted by atomic mass is 10.4. The first kappa shape index (κ1) is 11.6. The fraction of sp³-hybridized carbons (Fsp3) is 0.750. The van der Waals surface area contributed by atoms with Crippen LogP contribution in [0.15, 0.2) is 0 Å². The maximum Gasteiger partial charge on any atom is 0.317 e. The van der Waals surface area contributed by atoms with Crippen molar-refractivity contribution in [2.75, 3.05) is 13.1 Å². The Morgan fingerprint density at radius 3 is 2.80 bits per heavy atom. The summed E-state index contributed by atoms with van der Waals surface area (Å²) in [4.78, 5) is 13.7. The van der Waals surface area contributed by atoms with Crippen molar-refractivity contribution in [2.45, 2.75) is 19.9 Å². The molecule has 1 heterocycles. The largest absolute Gasteiger partial charge is 0.480 e. The van der Waals surface area contributed by atoms with Gasteiger partial charge in [-0.25, -0.2) is 0 Å². The highest BCUT2D eigenvalue weighted by molar-refractivity contribution is 5.69. The zero-order chi connectivity index (χ0) is 11.3. The Bertz CT molecular complexity index is 325. The van der Waals surface area contributed by atoms with Crippen molar-refractivity contribution in [1.82, 2.24) is 25.1 Å². The van der Waals surface area contributed by atoms with Crippen molar-refractivity contribution in [1.29, 1.82) is 0 Å². The predicted octanol–water partition coefficient (Wildman–Crippen LogP) is -0.493. The number of aromatic nitrogens is 4. The van der Waals surface area contributed by atoms with Crippen LogP contribution >= 0.6 is 0 Å². The maximum absolute atomic E-state index is 10.6. The maximum atomic E-state index is 10.6. The number of tetrazole rings is 1. The first-order chi connectivity index (χ1) is 7.11. The van der Waals surface area contributed by atoms with Crippen LogP contribution in [0.3, 0.4) is 0 Å². The third-order valence-corrected chi connectivity index (χ3v) is 1.81. The lowest BCUT2D eigenvalue weighted by molar-refractivity contribution is -0.138. The topological polar surface area (TPSA) is 84.1 Å². The molecule has 15 heavy (non-hydrogen) atoms. The van der Waals surface area contributed by atoms with Gasteiger partial charge in [0.1, 0.15) is 0 Å². The summed E-state index contributed by atoms with van der Waals surface area (Å²) in [5.41, 5.74) is 0. The molecule has 0 aliphatic carbocycles. The highest BCUT2D eigenvalue weighted by Gasteiger charge is 2.11. The molecule has 0 saturated carbocycles. The lowest BCUT2D eigenvalue weighted by Crippen LogP contribution is -2.30. The van der Waals surface area contributed by atoms with Gasteiger partial charge in [0, 0.05) is 0 Å². The first-order valence-corrected chi connectivity index (χ1v) is 4.79. The van der Waals surface area contributed by atoms with Gasteiger partial charge in [0.2, 0.25) is 0 Å². The molecular weight excluding hydrogens is 198 g/mol. The van der Waals surface area contributed by atoms with E-state index in [-0.39, 0.29) is 6.54 Å². The van der Waals surface area contributed by atoms with E-state index in [2.05, 4.69) is 15.4 Å². The molecule has 0 aliphatic rings. The number of carboxylic acid groups (broad SMARTS) is 1. The van der Waals surface area contributed by atoms with Crippen LogP contribution in [-0.4, -0.2) is 49.3 Å². The van der Waals surface area contributed by atoms with Crippen LogP contribution < -0.4 is 0 Å². The molecule has 84 valence electrons. The molecule has 0 radical (unpaired) electrons. The number of aryl methyl sites for hydroxylation is 1. The quantitative estimate of drug-likeness (QED) is 0.686. The molecule has 1 aromatic rings. The van der Waals surface area contributed by atoms with Gasteiger partial charge in [0.05, 0.1) is 20.1 Å². The van der Waals surface area contributed by atoms with Gasteiger partial charge in [0.25, 0.3) is 0 Å². The summed E-state index contributed by atoms with van der Waals surface area (Å²) < 4.78 is 0.